The van der Waals surface area contributed by atoms with Gasteiger partial charge >= 0.3 is 6.03 Å². The van der Waals surface area contributed by atoms with Gasteiger partial charge in [0, 0.05) is 34.9 Å². The first-order chi connectivity index (χ1) is 10.7. The molecule has 0 radical (unpaired) electrons. The van der Waals surface area contributed by atoms with Crippen molar-refractivity contribution in [2.75, 3.05) is 24.7 Å². The normalized spacial score (nSPS) is 19.4. The summed E-state index contributed by atoms with van der Waals surface area (Å²) in [5.41, 5.74) is 1.23. The Morgan fingerprint density at radius 1 is 1.30 bits per heavy atom. The minimum absolute atomic E-state index is 0.227. The number of urea groups is 1. The summed E-state index contributed by atoms with van der Waals surface area (Å²) in [6.45, 7) is 2.56. The molecule has 1 atom stereocenters. The highest BCUT2D eigenvalue weighted by Crippen LogP contribution is 2.28. The maximum absolute atomic E-state index is 12.1. The maximum atomic E-state index is 12.1. The predicted octanol–water partition coefficient (Wildman–Crippen LogP) is 2.85. The van der Waals surface area contributed by atoms with Crippen molar-refractivity contribution >= 4 is 44.9 Å². The molecule has 1 fully saturated rings. The lowest BCUT2D eigenvalue weighted by molar-refractivity contribution is 0.236. The van der Waals surface area contributed by atoms with Crippen LogP contribution < -0.4 is 10.6 Å². The van der Waals surface area contributed by atoms with E-state index in [-0.39, 0.29) is 12.6 Å². The molecule has 23 heavy (non-hydrogen) atoms. The highest BCUT2D eigenvalue weighted by molar-refractivity contribution is 7.88. The van der Waals surface area contributed by atoms with Crippen LogP contribution in [0.25, 0.3) is 0 Å². The zero-order chi connectivity index (χ0) is 17.2. The predicted molar refractivity (Wildman–Crippen MR) is 92.8 cm³/mol. The van der Waals surface area contributed by atoms with Crippen LogP contribution in [0.4, 0.5) is 10.5 Å². The Bertz CT molecular complexity index is 686. The van der Waals surface area contributed by atoms with Crippen LogP contribution >= 0.6 is 23.2 Å². The molecule has 0 bridgehead atoms. The third-order valence-corrected chi connectivity index (χ3v) is 5.78. The number of benzene rings is 1. The first-order valence-corrected chi connectivity index (χ1v) is 9.75. The lowest BCUT2D eigenvalue weighted by Gasteiger charge is -2.31. The fourth-order valence-corrected chi connectivity index (χ4v) is 3.83. The first kappa shape index (κ1) is 18.3. The number of rotatable bonds is 3. The van der Waals surface area contributed by atoms with Gasteiger partial charge in [0.15, 0.2) is 0 Å². The number of anilines is 1. The summed E-state index contributed by atoms with van der Waals surface area (Å²) in [7, 11) is -3.24. The number of hydrogen-bond acceptors (Lipinski definition) is 3. The second-order valence-corrected chi connectivity index (χ2v) is 8.42. The van der Waals surface area contributed by atoms with Crippen LogP contribution in [-0.4, -0.2) is 44.1 Å². The SMILES string of the molecule is Cc1c(Cl)cc(NC(=O)NC2CCCN(S(C)(=O)=O)C2)cc1Cl. The Labute approximate surface area is 146 Å². The van der Waals surface area contributed by atoms with Crippen LogP contribution in [0.3, 0.4) is 0 Å². The lowest BCUT2D eigenvalue weighted by Crippen LogP contribution is -2.50. The quantitative estimate of drug-likeness (QED) is 0.847. The van der Waals surface area contributed by atoms with Crippen molar-refractivity contribution in [2.24, 2.45) is 0 Å². The Balaban J connectivity index is 1.97. The molecule has 1 heterocycles. The molecule has 1 aromatic carbocycles. The van der Waals surface area contributed by atoms with E-state index in [4.69, 9.17) is 23.2 Å². The number of carbonyl (C=O) groups excluding carboxylic acids is 1. The minimum atomic E-state index is -3.24. The van der Waals surface area contributed by atoms with E-state index >= 15 is 0 Å². The van der Waals surface area contributed by atoms with Crippen LogP contribution in [0.2, 0.25) is 10.0 Å². The van der Waals surface area contributed by atoms with E-state index in [1.807, 2.05) is 0 Å². The second-order valence-electron chi connectivity index (χ2n) is 5.62. The maximum Gasteiger partial charge on any atom is 0.319 e. The Morgan fingerprint density at radius 2 is 1.91 bits per heavy atom. The van der Waals surface area contributed by atoms with Gasteiger partial charge in [-0.3, -0.25) is 0 Å². The van der Waals surface area contributed by atoms with Gasteiger partial charge < -0.3 is 10.6 Å². The summed E-state index contributed by atoms with van der Waals surface area (Å²) in [4.78, 5) is 12.1. The summed E-state index contributed by atoms with van der Waals surface area (Å²) >= 11 is 12.1. The molecule has 0 aliphatic carbocycles. The number of amides is 2. The van der Waals surface area contributed by atoms with Crippen LogP contribution in [0.15, 0.2) is 12.1 Å². The van der Waals surface area contributed by atoms with Gasteiger partial charge in [0.2, 0.25) is 10.0 Å². The van der Waals surface area contributed by atoms with Crippen molar-refractivity contribution in [3.8, 4) is 0 Å². The average molecular weight is 380 g/mol. The molecular formula is C14H19Cl2N3O3S. The Morgan fingerprint density at radius 3 is 2.48 bits per heavy atom. The van der Waals surface area contributed by atoms with Crippen molar-refractivity contribution in [3.05, 3.63) is 27.7 Å². The van der Waals surface area contributed by atoms with Crippen molar-refractivity contribution in [2.45, 2.75) is 25.8 Å². The van der Waals surface area contributed by atoms with Crippen LogP contribution in [-0.2, 0) is 10.0 Å². The van der Waals surface area contributed by atoms with Crippen molar-refractivity contribution in [1.29, 1.82) is 0 Å². The van der Waals surface area contributed by atoms with Crippen LogP contribution in [0, 0.1) is 6.92 Å². The fraction of sp³-hybridized carbons (Fsp3) is 0.500. The molecule has 1 unspecified atom stereocenters. The van der Waals surface area contributed by atoms with Gasteiger partial charge in [-0.05, 0) is 37.5 Å². The van der Waals surface area contributed by atoms with Gasteiger partial charge in [-0.25, -0.2) is 17.5 Å². The van der Waals surface area contributed by atoms with Gasteiger partial charge in [-0.2, -0.15) is 0 Å². The van der Waals surface area contributed by atoms with E-state index in [0.29, 0.717) is 28.7 Å². The number of nitrogens with one attached hydrogen (secondary N) is 2. The zero-order valence-electron chi connectivity index (χ0n) is 12.9. The molecule has 1 aliphatic heterocycles. The van der Waals surface area contributed by atoms with E-state index in [2.05, 4.69) is 10.6 Å². The van der Waals surface area contributed by atoms with Crippen LogP contribution in [0.5, 0.6) is 0 Å². The second kappa shape index (κ2) is 7.25. The molecule has 2 rings (SSSR count). The number of hydrogen-bond donors (Lipinski definition) is 2. The zero-order valence-corrected chi connectivity index (χ0v) is 15.2. The number of nitrogens with zero attached hydrogens (tertiary/aromatic N) is 1. The van der Waals surface area contributed by atoms with Crippen molar-refractivity contribution in [1.82, 2.24) is 9.62 Å². The summed E-state index contributed by atoms with van der Waals surface area (Å²) in [6.07, 6.45) is 2.61. The Hall–Kier alpha value is -1.02. The number of carbonyl (C=O) groups is 1. The minimum Gasteiger partial charge on any atom is -0.334 e. The molecule has 0 spiro atoms. The molecule has 0 saturated carbocycles. The molecule has 1 saturated heterocycles. The first-order valence-electron chi connectivity index (χ1n) is 7.15. The smallest absolute Gasteiger partial charge is 0.319 e. The molecule has 1 aliphatic rings. The lowest BCUT2D eigenvalue weighted by atomic mass is 10.1. The van der Waals surface area contributed by atoms with E-state index in [0.717, 1.165) is 12.0 Å². The van der Waals surface area contributed by atoms with E-state index in [1.54, 1.807) is 19.1 Å². The van der Waals surface area contributed by atoms with Gasteiger partial charge in [0.1, 0.15) is 0 Å². The monoisotopic (exact) mass is 379 g/mol. The number of halogens is 2. The number of sulfonamides is 1. The largest absolute Gasteiger partial charge is 0.334 e. The van der Waals surface area contributed by atoms with Crippen molar-refractivity contribution in [3.63, 3.8) is 0 Å². The van der Waals surface area contributed by atoms with E-state index in [1.165, 1.54) is 10.6 Å². The van der Waals surface area contributed by atoms with Gasteiger partial charge in [-0.15, -0.1) is 0 Å². The summed E-state index contributed by atoms with van der Waals surface area (Å²) in [5, 5.41) is 6.38. The molecule has 128 valence electrons. The molecular weight excluding hydrogens is 361 g/mol. The molecule has 2 amide bonds. The van der Waals surface area contributed by atoms with Crippen LogP contribution in [0.1, 0.15) is 18.4 Å². The summed E-state index contributed by atoms with van der Waals surface area (Å²) in [6, 6.07) is 2.59. The van der Waals surface area contributed by atoms with Gasteiger partial charge in [0.05, 0.1) is 6.26 Å². The Kier molecular flexibility index (Phi) is 5.78. The van der Waals surface area contributed by atoms with E-state index in [9.17, 15) is 13.2 Å². The average Bonchev–Trinajstić information content (AvgIpc) is 2.44. The summed E-state index contributed by atoms with van der Waals surface area (Å²) < 4.78 is 24.5. The third-order valence-electron chi connectivity index (χ3n) is 3.73. The number of piperidine rings is 1. The molecule has 9 heteroatoms. The highest BCUT2D eigenvalue weighted by atomic mass is 35.5. The van der Waals surface area contributed by atoms with Crippen molar-refractivity contribution < 1.29 is 13.2 Å². The molecule has 2 N–H and O–H groups in total. The fourth-order valence-electron chi connectivity index (χ4n) is 2.43. The molecule has 0 aromatic heterocycles. The van der Waals surface area contributed by atoms with Gasteiger partial charge in [0.25, 0.3) is 0 Å². The van der Waals surface area contributed by atoms with Gasteiger partial charge in [-0.1, -0.05) is 23.2 Å². The topological polar surface area (TPSA) is 78.5 Å². The molecule has 6 nitrogen and oxygen atoms in total. The third kappa shape index (κ3) is 4.97. The summed E-state index contributed by atoms with van der Waals surface area (Å²) in [5.74, 6) is 0. The standard InChI is InChI=1S/C14H19Cl2N3O3S/c1-9-12(15)6-11(7-13(9)16)18-14(20)17-10-4-3-5-19(8-10)23(2,21)22/h6-7,10H,3-5,8H2,1-2H3,(H2,17,18,20). The highest BCUT2D eigenvalue weighted by Gasteiger charge is 2.26. The van der Waals surface area contributed by atoms with E-state index < -0.39 is 16.1 Å². The molecule has 1 aromatic rings.